The number of nitrogens with zero attached hydrogens (tertiary/aromatic N) is 1. The van der Waals surface area contributed by atoms with E-state index in [1.54, 1.807) is 11.3 Å². The zero-order chi connectivity index (χ0) is 19.3. The minimum absolute atomic E-state index is 0.0122. The largest absolute Gasteiger partial charge is 0.377 e. The van der Waals surface area contributed by atoms with Crippen LogP contribution in [0.25, 0.3) is 0 Å². The molecule has 1 aliphatic heterocycles. The fraction of sp³-hybridized carbons (Fsp3) is 0.389. The molecule has 1 aliphatic rings. The number of amides is 1. The van der Waals surface area contributed by atoms with Crippen LogP contribution >= 0.6 is 11.3 Å². The fourth-order valence-electron chi connectivity index (χ4n) is 3.02. The van der Waals surface area contributed by atoms with Crippen LogP contribution in [0.2, 0.25) is 0 Å². The third-order valence-corrected chi connectivity index (χ3v) is 6.07. The molecule has 1 saturated heterocycles. The first kappa shape index (κ1) is 20.0. The second kappa shape index (κ2) is 8.94. The summed E-state index contributed by atoms with van der Waals surface area (Å²) < 4.78 is 28.3. The maximum absolute atomic E-state index is 12.5. The Hall–Kier alpha value is -1.78. The van der Waals surface area contributed by atoms with Gasteiger partial charge in [0, 0.05) is 30.3 Å². The standard InChI is InChI=1S/C18H23N3O4S2/c19-27(23,24)17-7-5-14(6-8-17)20-18(22)13-21(11-15-3-1-9-25-15)12-16-4-2-10-26-16/h2,4-8,10,15H,1,3,9,11-13H2,(H,20,22)(H2,19,23,24). The molecule has 146 valence electrons. The number of anilines is 1. The Bertz CT molecular complexity index is 845. The molecule has 0 radical (unpaired) electrons. The van der Waals surface area contributed by atoms with Crippen LogP contribution in [0.4, 0.5) is 5.69 Å². The number of primary sulfonamides is 1. The van der Waals surface area contributed by atoms with Crippen molar-refractivity contribution in [3.05, 3.63) is 46.7 Å². The van der Waals surface area contributed by atoms with Gasteiger partial charge in [-0.25, -0.2) is 13.6 Å². The summed E-state index contributed by atoms with van der Waals surface area (Å²) in [4.78, 5) is 15.8. The molecule has 1 amide bonds. The van der Waals surface area contributed by atoms with E-state index in [0.717, 1.165) is 19.4 Å². The Morgan fingerprint density at radius 1 is 1.30 bits per heavy atom. The highest BCUT2D eigenvalue weighted by Crippen LogP contribution is 2.18. The molecule has 3 N–H and O–H groups in total. The first-order valence-corrected chi connectivity index (χ1v) is 11.1. The molecule has 1 aromatic carbocycles. The van der Waals surface area contributed by atoms with E-state index < -0.39 is 10.0 Å². The normalized spacial score (nSPS) is 17.3. The van der Waals surface area contributed by atoms with Crippen LogP contribution in [-0.4, -0.2) is 45.0 Å². The molecule has 0 spiro atoms. The van der Waals surface area contributed by atoms with Crippen molar-refractivity contribution < 1.29 is 17.9 Å². The Kier molecular flexibility index (Phi) is 6.61. The molecule has 0 aliphatic carbocycles. The van der Waals surface area contributed by atoms with Gasteiger partial charge in [-0.1, -0.05) is 6.07 Å². The number of nitrogens with two attached hydrogens (primary N) is 1. The van der Waals surface area contributed by atoms with Crippen LogP contribution < -0.4 is 10.5 Å². The van der Waals surface area contributed by atoms with Crippen molar-refractivity contribution in [3.63, 3.8) is 0 Å². The summed E-state index contributed by atoms with van der Waals surface area (Å²) in [6, 6.07) is 9.86. The first-order chi connectivity index (χ1) is 12.9. The lowest BCUT2D eigenvalue weighted by Gasteiger charge is -2.24. The van der Waals surface area contributed by atoms with Crippen LogP contribution in [0.1, 0.15) is 17.7 Å². The third-order valence-electron chi connectivity index (χ3n) is 4.28. The van der Waals surface area contributed by atoms with Crippen LogP contribution in [0, 0.1) is 0 Å². The van der Waals surface area contributed by atoms with Gasteiger partial charge in [0.15, 0.2) is 0 Å². The summed E-state index contributed by atoms with van der Waals surface area (Å²) in [6.45, 7) is 2.40. The minimum Gasteiger partial charge on any atom is -0.377 e. The summed E-state index contributed by atoms with van der Waals surface area (Å²) >= 11 is 1.66. The van der Waals surface area contributed by atoms with Gasteiger partial charge in [-0.2, -0.15) is 0 Å². The molecule has 1 unspecified atom stereocenters. The number of carbonyl (C=O) groups is 1. The average Bonchev–Trinajstić information content (AvgIpc) is 3.28. The molecule has 27 heavy (non-hydrogen) atoms. The number of nitrogens with one attached hydrogen (secondary N) is 1. The SMILES string of the molecule is NS(=O)(=O)c1ccc(NC(=O)CN(Cc2cccs2)CC2CCCO2)cc1. The highest BCUT2D eigenvalue weighted by molar-refractivity contribution is 7.89. The Balaban J connectivity index is 1.60. The molecule has 1 fully saturated rings. The summed E-state index contributed by atoms with van der Waals surface area (Å²) in [5, 5.41) is 9.91. The zero-order valence-electron chi connectivity index (χ0n) is 14.8. The second-order valence-corrected chi connectivity index (χ2v) is 9.10. The number of benzene rings is 1. The van der Waals surface area contributed by atoms with Gasteiger partial charge in [0.2, 0.25) is 15.9 Å². The lowest BCUT2D eigenvalue weighted by atomic mass is 10.2. The predicted octanol–water partition coefficient (Wildman–Crippen LogP) is 2.02. The van der Waals surface area contributed by atoms with Crippen molar-refractivity contribution >= 4 is 33.0 Å². The molecular weight excluding hydrogens is 386 g/mol. The Morgan fingerprint density at radius 2 is 2.07 bits per heavy atom. The second-order valence-electron chi connectivity index (χ2n) is 6.50. The van der Waals surface area contributed by atoms with Gasteiger partial charge in [0.25, 0.3) is 0 Å². The summed E-state index contributed by atoms with van der Waals surface area (Å²) in [6.07, 6.45) is 2.23. The molecular formula is C18H23N3O4S2. The highest BCUT2D eigenvalue weighted by atomic mass is 32.2. The van der Waals surface area contributed by atoms with Crippen molar-refractivity contribution in [2.45, 2.75) is 30.4 Å². The minimum atomic E-state index is -3.74. The van der Waals surface area contributed by atoms with Gasteiger partial charge in [-0.15, -0.1) is 11.3 Å². The van der Waals surface area contributed by atoms with E-state index in [9.17, 15) is 13.2 Å². The van der Waals surface area contributed by atoms with Gasteiger partial charge in [0.1, 0.15) is 0 Å². The Morgan fingerprint density at radius 3 is 2.67 bits per heavy atom. The number of thiophene rings is 1. The van der Waals surface area contributed by atoms with E-state index in [4.69, 9.17) is 9.88 Å². The van der Waals surface area contributed by atoms with Gasteiger partial charge in [0.05, 0.1) is 17.5 Å². The quantitative estimate of drug-likeness (QED) is 0.694. The number of sulfonamides is 1. The van der Waals surface area contributed by atoms with E-state index >= 15 is 0 Å². The molecule has 1 atom stereocenters. The average molecular weight is 410 g/mol. The lowest BCUT2D eigenvalue weighted by Crippen LogP contribution is -2.37. The van der Waals surface area contributed by atoms with Crippen LogP contribution in [0.5, 0.6) is 0 Å². The van der Waals surface area contributed by atoms with Crippen LogP contribution in [-0.2, 0) is 26.1 Å². The lowest BCUT2D eigenvalue weighted by molar-refractivity contribution is -0.117. The predicted molar refractivity (Wildman–Crippen MR) is 105 cm³/mol. The van der Waals surface area contributed by atoms with Crippen LogP contribution in [0.3, 0.4) is 0 Å². The van der Waals surface area contributed by atoms with Crippen molar-refractivity contribution in [1.29, 1.82) is 0 Å². The zero-order valence-corrected chi connectivity index (χ0v) is 16.5. The monoisotopic (exact) mass is 409 g/mol. The van der Waals surface area contributed by atoms with Gasteiger partial charge in [-0.05, 0) is 48.6 Å². The van der Waals surface area contributed by atoms with E-state index in [2.05, 4.69) is 16.3 Å². The number of ether oxygens (including phenoxy) is 1. The molecule has 2 aromatic rings. The van der Waals surface area contributed by atoms with Crippen molar-refractivity contribution in [3.8, 4) is 0 Å². The maximum atomic E-state index is 12.5. The highest BCUT2D eigenvalue weighted by Gasteiger charge is 2.21. The molecule has 2 heterocycles. The Labute approximate surface area is 163 Å². The van der Waals surface area contributed by atoms with Crippen molar-refractivity contribution in [2.75, 3.05) is 25.0 Å². The first-order valence-electron chi connectivity index (χ1n) is 8.69. The number of hydrogen-bond donors (Lipinski definition) is 2. The van der Waals surface area contributed by atoms with Gasteiger partial charge in [-0.3, -0.25) is 9.69 Å². The van der Waals surface area contributed by atoms with Gasteiger partial charge >= 0.3 is 0 Å². The molecule has 1 aromatic heterocycles. The van der Waals surface area contributed by atoms with Crippen molar-refractivity contribution in [1.82, 2.24) is 4.90 Å². The van der Waals surface area contributed by atoms with Gasteiger partial charge < -0.3 is 10.1 Å². The van der Waals surface area contributed by atoms with E-state index in [-0.39, 0.29) is 23.5 Å². The summed E-state index contributed by atoms with van der Waals surface area (Å²) in [5.41, 5.74) is 0.528. The molecule has 0 bridgehead atoms. The topological polar surface area (TPSA) is 102 Å². The summed E-state index contributed by atoms with van der Waals surface area (Å²) in [7, 11) is -3.74. The smallest absolute Gasteiger partial charge is 0.238 e. The van der Waals surface area contributed by atoms with Crippen LogP contribution in [0.15, 0.2) is 46.7 Å². The summed E-state index contributed by atoms with van der Waals surface area (Å²) in [5.74, 6) is -0.159. The molecule has 7 nitrogen and oxygen atoms in total. The van der Waals surface area contributed by atoms with E-state index in [1.807, 2.05) is 11.4 Å². The number of rotatable bonds is 8. The number of hydrogen-bond acceptors (Lipinski definition) is 6. The fourth-order valence-corrected chi connectivity index (χ4v) is 4.28. The van der Waals surface area contributed by atoms with Crippen molar-refractivity contribution in [2.24, 2.45) is 5.14 Å². The molecule has 9 heteroatoms. The van der Waals surface area contributed by atoms with E-state index in [0.29, 0.717) is 18.8 Å². The third kappa shape index (κ3) is 6.12. The molecule has 0 saturated carbocycles. The number of carbonyl (C=O) groups excluding carboxylic acids is 1. The molecule has 3 rings (SSSR count). The maximum Gasteiger partial charge on any atom is 0.238 e. The van der Waals surface area contributed by atoms with E-state index in [1.165, 1.54) is 29.1 Å².